The van der Waals surface area contributed by atoms with Gasteiger partial charge in [0.2, 0.25) is 0 Å². The number of rotatable bonds is 3. The molecule has 1 aromatic heterocycles. The van der Waals surface area contributed by atoms with E-state index in [1.54, 1.807) is 0 Å². The summed E-state index contributed by atoms with van der Waals surface area (Å²) in [5.41, 5.74) is 14.6. The van der Waals surface area contributed by atoms with Crippen LogP contribution in [-0.2, 0) is 5.41 Å². The van der Waals surface area contributed by atoms with Crippen molar-refractivity contribution in [3.63, 3.8) is 0 Å². The van der Waals surface area contributed by atoms with Gasteiger partial charge in [0.15, 0.2) is 0 Å². The predicted octanol–water partition coefficient (Wildman–Crippen LogP) is 12.3. The van der Waals surface area contributed by atoms with E-state index in [0.29, 0.717) is 0 Å². The molecule has 0 fully saturated rings. The molecule has 0 atom stereocenters. The first-order valence-electron chi connectivity index (χ1n) is 15.2. The smallest absolute Gasteiger partial charge is 0.0389 e. The van der Waals surface area contributed by atoms with Crippen molar-refractivity contribution in [1.29, 1.82) is 0 Å². The third kappa shape index (κ3) is 4.02. The lowest BCUT2D eigenvalue weighted by Crippen LogP contribution is -2.14. The Morgan fingerprint density at radius 1 is 0.465 bits per heavy atom. The zero-order valence-corrected chi connectivity index (χ0v) is 26.2. The van der Waals surface area contributed by atoms with Gasteiger partial charge in [-0.25, -0.2) is 0 Å². The highest BCUT2D eigenvalue weighted by atomic mass is 32.1. The maximum Gasteiger partial charge on any atom is 0.0389 e. The molecule has 0 spiro atoms. The fourth-order valence-corrected chi connectivity index (χ4v) is 8.67. The first kappa shape index (κ1) is 26.2. The molecule has 1 aliphatic rings. The monoisotopic (exact) mass is 570 g/mol. The van der Waals surface area contributed by atoms with Crippen molar-refractivity contribution in [3.8, 4) is 43.8 Å². The van der Waals surface area contributed by atoms with E-state index in [4.69, 9.17) is 0 Å². The van der Waals surface area contributed by atoms with Gasteiger partial charge in [-0.05, 0) is 105 Å². The van der Waals surface area contributed by atoms with Crippen molar-refractivity contribution >= 4 is 32.9 Å². The van der Waals surface area contributed by atoms with Gasteiger partial charge >= 0.3 is 0 Å². The van der Waals surface area contributed by atoms with Gasteiger partial charge in [-0.1, -0.05) is 128 Å². The van der Waals surface area contributed by atoms with Gasteiger partial charge in [-0.15, -0.1) is 11.3 Å². The first-order chi connectivity index (χ1) is 20.8. The molecular weight excluding hydrogens is 537 g/mol. The fraction of sp³-hybridized carbons (Fsp3) is 0.143. The molecule has 1 heteroatoms. The summed E-state index contributed by atoms with van der Waals surface area (Å²) >= 11 is 1.93. The number of fused-ring (bicyclic) bond motifs is 5. The Kier molecular flexibility index (Phi) is 5.80. The largest absolute Gasteiger partial charge is 0.140 e. The first-order valence-corrected chi connectivity index (χ1v) is 16.0. The van der Waals surface area contributed by atoms with Gasteiger partial charge in [-0.2, -0.15) is 0 Å². The van der Waals surface area contributed by atoms with Crippen LogP contribution in [0.1, 0.15) is 41.0 Å². The Morgan fingerprint density at radius 3 is 1.56 bits per heavy atom. The van der Waals surface area contributed by atoms with E-state index in [-0.39, 0.29) is 5.41 Å². The predicted molar refractivity (Wildman–Crippen MR) is 187 cm³/mol. The Bertz CT molecular complexity index is 2150. The lowest BCUT2D eigenvalue weighted by molar-refractivity contribution is 0.661. The summed E-state index contributed by atoms with van der Waals surface area (Å²) in [6.45, 7) is 11.3. The topological polar surface area (TPSA) is 0 Å². The van der Waals surface area contributed by atoms with Crippen LogP contribution in [0.5, 0.6) is 0 Å². The minimum atomic E-state index is -0.00539. The van der Waals surface area contributed by atoms with E-state index in [2.05, 4.69) is 150 Å². The van der Waals surface area contributed by atoms with Crippen LogP contribution in [0.4, 0.5) is 0 Å². The van der Waals surface area contributed by atoms with Gasteiger partial charge in [0, 0.05) is 15.2 Å². The molecule has 0 saturated heterocycles. The average Bonchev–Trinajstić information content (AvgIpc) is 3.49. The molecule has 0 bridgehead atoms. The van der Waals surface area contributed by atoms with Crippen LogP contribution in [0.2, 0.25) is 0 Å². The lowest BCUT2D eigenvalue weighted by Gasteiger charge is -2.22. The van der Waals surface area contributed by atoms with Gasteiger partial charge < -0.3 is 0 Å². The third-order valence-electron chi connectivity index (χ3n) is 9.41. The number of thiophene rings is 1. The van der Waals surface area contributed by atoms with Gasteiger partial charge in [0.25, 0.3) is 0 Å². The molecule has 1 aliphatic carbocycles. The Balaban J connectivity index is 1.34. The quantitative estimate of drug-likeness (QED) is 0.185. The van der Waals surface area contributed by atoms with Gasteiger partial charge in [0.1, 0.15) is 0 Å². The third-order valence-corrected chi connectivity index (χ3v) is 10.5. The van der Waals surface area contributed by atoms with Crippen LogP contribution in [0.25, 0.3) is 65.4 Å². The van der Waals surface area contributed by atoms with Crippen LogP contribution in [-0.4, -0.2) is 0 Å². The molecule has 0 N–H and O–H groups in total. The summed E-state index contributed by atoms with van der Waals surface area (Å²) in [5.74, 6) is 0. The maximum absolute atomic E-state index is 2.48. The Labute approximate surface area is 258 Å². The molecule has 43 heavy (non-hydrogen) atoms. The molecule has 0 nitrogen and oxygen atoms in total. The molecule has 0 unspecified atom stereocenters. The van der Waals surface area contributed by atoms with E-state index < -0.39 is 0 Å². The van der Waals surface area contributed by atoms with Crippen LogP contribution in [0, 0.1) is 20.8 Å². The summed E-state index contributed by atoms with van der Waals surface area (Å²) in [5, 5.41) is 5.20. The van der Waals surface area contributed by atoms with E-state index in [0.717, 1.165) is 0 Å². The molecule has 0 saturated carbocycles. The second-order valence-corrected chi connectivity index (χ2v) is 14.0. The zero-order valence-electron chi connectivity index (χ0n) is 25.4. The minimum Gasteiger partial charge on any atom is -0.140 e. The highest BCUT2D eigenvalue weighted by Crippen LogP contribution is 2.54. The van der Waals surface area contributed by atoms with Crippen molar-refractivity contribution in [2.24, 2.45) is 0 Å². The SMILES string of the molecule is Cc1cc(C)cc(-c2ccc(-c3c4ccccc4c(-c4ccc5c(c4)C(C)(C)c4cc(C)sc4-5)c4ccccc34)cc2)c1. The summed E-state index contributed by atoms with van der Waals surface area (Å²) in [6, 6.07) is 43.5. The van der Waals surface area contributed by atoms with Crippen molar-refractivity contribution in [2.45, 2.75) is 40.0 Å². The molecule has 0 amide bonds. The van der Waals surface area contributed by atoms with Crippen LogP contribution < -0.4 is 0 Å². The van der Waals surface area contributed by atoms with E-state index in [1.807, 2.05) is 11.3 Å². The number of hydrogen-bond donors (Lipinski definition) is 0. The van der Waals surface area contributed by atoms with E-state index >= 15 is 0 Å². The molecule has 1 heterocycles. The fourth-order valence-electron chi connectivity index (χ4n) is 7.46. The molecule has 6 aromatic carbocycles. The number of hydrogen-bond acceptors (Lipinski definition) is 1. The summed E-state index contributed by atoms with van der Waals surface area (Å²) in [6.07, 6.45) is 0. The van der Waals surface area contributed by atoms with Crippen molar-refractivity contribution in [3.05, 3.63) is 142 Å². The molecule has 208 valence electrons. The second kappa shape index (κ2) is 9.53. The van der Waals surface area contributed by atoms with Crippen molar-refractivity contribution < 1.29 is 0 Å². The van der Waals surface area contributed by atoms with Crippen molar-refractivity contribution in [1.82, 2.24) is 0 Å². The minimum absolute atomic E-state index is 0.00539. The lowest BCUT2D eigenvalue weighted by atomic mass is 9.80. The van der Waals surface area contributed by atoms with Crippen LogP contribution in [0.15, 0.2) is 115 Å². The normalized spacial score (nSPS) is 13.4. The second-order valence-electron chi connectivity index (χ2n) is 12.8. The number of benzene rings is 6. The number of aryl methyl sites for hydroxylation is 3. The van der Waals surface area contributed by atoms with E-state index in [1.165, 1.54) is 92.5 Å². The summed E-state index contributed by atoms with van der Waals surface area (Å²) in [7, 11) is 0. The Morgan fingerprint density at radius 2 is 0.977 bits per heavy atom. The molecular formula is C42H34S. The summed E-state index contributed by atoms with van der Waals surface area (Å²) < 4.78 is 0. The van der Waals surface area contributed by atoms with E-state index in [9.17, 15) is 0 Å². The standard InChI is InChI=1S/C42H34S/c1-25-20-26(2)22-31(21-25)28-14-16-29(17-15-28)39-32-10-6-8-12-34(32)40(35-13-9-7-11-33(35)39)30-18-19-36-37(24-30)42(4,5)38-23-27(3)43-41(36)38/h6-24H,1-5H3. The summed E-state index contributed by atoms with van der Waals surface area (Å²) in [4.78, 5) is 2.83. The maximum atomic E-state index is 2.48. The van der Waals surface area contributed by atoms with Crippen LogP contribution >= 0.6 is 11.3 Å². The molecule has 7 aromatic rings. The molecule has 0 radical (unpaired) electrons. The molecule has 0 aliphatic heterocycles. The highest BCUT2D eigenvalue weighted by Gasteiger charge is 2.37. The van der Waals surface area contributed by atoms with Gasteiger partial charge in [-0.3, -0.25) is 0 Å². The Hall–Kier alpha value is -4.46. The highest BCUT2D eigenvalue weighted by molar-refractivity contribution is 7.15. The van der Waals surface area contributed by atoms with Crippen LogP contribution in [0.3, 0.4) is 0 Å². The van der Waals surface area contributed by atoms with Gasteiger partial charge in [0.05, 0.1) is 0 Å². The zero-order chi connectivity index (χ0) is 29.5. The average molecular weight is 571 g/mol. The van der Waals surface area contributed by atoms with Crippen molar-refractivity contribution in [2.75, 3.05) is 0 Å². The molecule has 8 rings (SSSR count).